The van der Waals surface area contributed by atoms with E-state index in [1.807, 2.05) is 0 Å². The van der Waals surface area contributed by atoms with Crippen molar-refractivity contribution in [1.29, 1.82) is 0 Å². The van der Waals surface area contributed by atoms with Crippen molar-refractivity contribution in [3.63, 3.8) is 0 Å². The largest absolute Gasteiger partial charge is 0.476 e. The molecule has 96 valence electrons. The van der Waals surface area contributed by atoms with Gasteiger partial charge in [-0.3, -0.25) is 5.32 Å². The number of rotatable bonds is 7. The minimum absolute atomic E-state index is 0.0237. The number of hydrogen-bond acceptors (Lipinski definition) is 7. The molecular weight excluding hydrogens is 248 g/mol. The summed E-state index contributed by atoms with van der Waals surface area (Å²) < 4.78 is 0. The molecule has 0 aliphatic rings. The van der Waals surface area contributed by atoms with Gasteiger partial charge in [0.1, 0.15) is 0 Å². The number of carbonyl (C=O) groups is 1. The second-order valence-electron chi connectivity index (χ2n) is 3.56. The van der Waals surface area contributed by atoms with E-state index in [1.165, 1.54) is 0 Å². The highest BCUT2D eigenvalue weighted by Gasteiger charge is 2.27. The van der Waals surface area contributed by atoms with Crippen LogP contribution in [0.1, 0.15) is 15.5 Å². The van der Waals surface area contributed by atoms with E-state index >= 15 is 0 Å². The second kappa shape index (κ2) is 6.03. The van der Waals surface area contributed by atoms with Gasteiger partial charge in [0.25, 0.3) is 0 Å². The number of thiazole rings is 1. The van der Waals surface area contributed by atoms with Crippen LogP contribution in [0.3, 0.4) is 0 Å². The van der Waals surface area contributed by atoms with E-state index in [1.54, 1.807) is 5.38 Å². The van der Waals surface area contributed by atoms with Crippen molar-refractivity contribution in [3.05, 3.63) is 16.1 Å². The van der Waals surface area contributed by atoms with Crippen LogP contribution in [-0.4, -0.2) is 56.7 Å². The molecule has 0 aromatic carbocycles. The van der Waals surface area contributed by atoms with Crippen LogP contribution in [0.25, 0.3) is 0 Å². The minimum atomic E-state index is -1.19. The maximum Gasteiger partial charge on any atom is 0.365 e. The number of aromatic nitrogens is 1. The molecule has 0 fully saturated rings. The Hall–Kier alpha value is -1.06. The third-order valence-corrected chi connectivity index (χ3v) is 3.17. The number of aliphatic hydroxyl groups excluding tert-OH is 3. The Morgan fingerprint density at radius 1 is 1.35 bits per heavy atom. The average Bonchev–Trinajstić information content (AvgIpc) is 2.81. The molecule has 1 heterocycles. The third-order valence-electron chi connectivity index (χ3n) is 2.29. The standard InChI is InChI=1S/C9H14N2O5S/c12-3-9(4-13,5-14)10-1-6-2-17-7(11-6)8(15)16/h2,10,12-14H,1,3-5H2,(H,15,16). The Kier molecular flexibility index (Phi) is 4.97. The normalized spacial score (nSPS) is 11.7. The van der Waals surface area contributed by atoms with Crippen LogP contribution in [0.2, 0.25) is 0 Å². The summed E-state index contributed by atoms with van der Waals surface area (Å²) in [4.78, 5) is 14.4. The Morgan fingerprint density at radius 3 is 2.35 bits per heavy atom. The van der Waals surface area contributed by atoms with Crippen molar-refractivity contribution in [2.24, 2.45) is 0 Å². The van der Waals surface area contributed by atoms with Gasteiger partial charge in [-0.15, -0.1) is 11.3 Å². The van der Waals surface area contributed by atoms with Crippen molar-refractivity contribution in [2.75, 3.05) is 19.8 Å². The molecule has 0 spiro atoms. The highest BCUT2D eigenvalue weighted by molar-refractivity contribution is 7.11. The predicted octanol–water partition coefficient (Wildman–Crippen LogP) is -1.35. The highest BCUT2D eigenvalue weighted by Crippen LogP contribution is 2.11. The van der Waals surface area contributed by atoms with Crippen molar-refractivity contribution in [1.82, 2.24) is 10.3 Å². The molecule has 0 unspecified atom stereocenters. The molecule has 1 aromatic heterocycles. The number of carboxylic acid groups (broad SMARTS) is 1. The van der Waals surface area contributed by atoms with Crippen LogP contribution in [0.4, 0.5) is 0 Å². The minimum Gasteiger partial charge on any atom is -0.476 e. The van der Waals surface area contributed by atoms with Crippen molar-refractivity contribution in [2.45, 2.75) is 12.1 Å². The van der Waals surface area contributed by atoms with Crippen molar-refractivity contribution >= 4 is 17.3 Å². The van der Waals surface area contributed by atoms with Gasteiger partial charge in [-0.05, 0) is 0 Å². The van der Waals surface area contributed by atoms with E-state index in [4.69, 9.17) is 20.4 Å². The Morgan fingerprint density at radius 2 is 1.94 bits per heavy atom. The number of aliphatic hydroxyl groups is 3. The number of hydrogen-bond donors (Lipinski definition) is 5. The molecular formula is C9H14N2O5S. The van der Waals surface area contributed by atoms with Gasteiger partial charge in [0.05, 0.1) is 31.1 Å². The molecule has 0 aliphatic heterocycles. The molecule has 1 aromatic rings. The molecule has 0 saturated heterocycles. The monoisotopic (exact) mass is 262 g/mol. The van der Waals surface area contributed by atoms with E-state index in [-0.39, 0.29) is 11.6 Å². The van der Waals surface area contributed by atoms with Crippen LogP contribution in [-0.2, 0) is 6.54 Å². The zero-order chi connectivity index (χ0) is 12.9. The van der Waals surface area contributed by atoms with Crippen LogP contribution in [0.15, 0.2) is 5.38 Å². The average molecular weight is 262 g/mol. The second-order valence-corrected chi connectivity index (χ2v) is 4.42. The quantitative estimate of drug-likeness (QED) is 0.411. The predicted molar refractivity (Wildman–Crippen MR) is 59.9 cm³/mol. The Labute approximate surface area is 101 Å². The lowest BCUT2D eigenvalue weighted by Crippen LogP contribution is -2.54. The summed E-state index contributed by atoms with van der Waals surface area (Å²) in [5.74, 6) is -1.10. The van der Waals surface area contributed by atoms with Crippen LogP contribution in [0.5, 0.6) is 0 Å². The van der Waals surface area contributed by atoms with Gasteiger partial charge in [-0.1, -0.05) is 0 Å². The first kappa shape index (κ1) is 14.0. The molecule has 17 heavy (non-hydrogen) atoms. The number of nitrogens with one attached hydrogen (secondary N) is 1. The lowest BCUT2D eigenvalue weighted by Gasteiger charge is -2.28. The van der Waals surface area contributed by atoms with Crippen LogP contribution in [0, 0.1) is 0 Å². The number of aromatic carboxylic acids is 1. The molecule has 7 nitrogen and oxygen atoms in total. The molecule has 8 heteroatoms. The van der Waals surface area contributed by atoms with Crippen LogP contribution < -0.4 is 5.32 Å². The molecule has 0 saturated carbocycles. The zero-order valence-electron chi connectivity index (χ0n) is 8.96. The van der Waals surface area contributed by atoms with Gasteiger partial charge in [0.15, 0.2) is 0 Å². The molecule has 0 aliphatic carbocycles. The smallest absolute Gasteiger partial charge is 0.365 e. The molecule has 0 radical (unpaired) electrons. The summed E-state index contributed by atoms with van der Waals surface area (Å²) >= 11 is 0.993. The molecule has 0 amide bonds. The van der Waals surface area contributed by atoms with E-state index in [9.17, 15) is 4.79 Å². The maximum atomic E-state index is 10.6. The molecule has 0 bridgehead atoms. The van der Waals surface area contributed by atoms with E-state index in [0.29, 0.717) is 5.69 Å². The maximum absolute atomic E-state index is 10.6. The van der Waals surface area contributed by atoms with Crippen LogP contribution >= 0.6 is 11.3 Å². The highest BCUT2D eigenvalue weighted by atomic mass is 32.1. The van der Waals surface area contributed by atoms with Gasteiger partial charge < -0.3 is 20.4 Å². The fourth-order valence-electron chi connectivity index (χ4n) is 1.08. The summed E-state index contributed by atoms with van der Waals surface area (Å²) in [6.45, 7) is -1.15. The number of carboxylic acids is 1. The summed E-state index contributed by atoms with van der Waals surface area (Å²) in [5.41, 5.74) is -0.709. The van der Waals surface area contributed by atoms with Gasteiger partial charge in [0, 0.05) is 11.9 Å². The van der Waals surface area contributed by atoms with E-state index in [2.05, 4.69) is 10.3 Å². The summed E-state index contributed by atoms with van der Waals surface area (Å²) in [5, 5.41) is 40.1. The first-order valence-electron chi connectivity index (χ1n) is 4.82. The fraction of sp³-hybridized carbons (Fsp3) is 0.556. The third kappa shape index (κ3) is 3.45. The molecule has 5 N–H and O–H groups in total. The lowest BCUT2D eigenvalue weighted by atomic mass is 10.0. The zero-order valence-corrected chi connectivity index (χ0v) is 9.77. The first-order chi connectivity index (χ1) is 8.06. The number of nitrogens with zero attached hydrogens (tertiary/aromatic N) is 1. The van der Waals surface area contributed by atoms with Gasteiger partial charge >= 0.3 is 5.97 Å². The summed E-state index contributed by atoms with van der Waals surface area (Å²) in [6.07, 6.45) is 0. The van der Waals surface area contributed by atoms with Gasteiger partial charge in [-0.2, -0.15) is 0 Å². The topological polar surface area (TPSA) is 123 Å². The van der Waals surface area contributed by atoms with Crippen molar-refractivity contribution < 1.29 is 25.2 Å². The first-order valence-corrected chi connectivity index (χ1v) is 5.70. The summed E-state index contributed by atoms with van der Waals surface area (Å²) in [6, 6.07) is 0. The van der Waals surface area contributed by atoms with Crippen molar-refractivity contribution in [3.8, 4) is 0 Å². The lowest BCUT2D eigenvalue weighted by molar-refractivity contribution is 0.0411. The fourth-order valence-corrected chi connectivity index (χ4v) is 1.74. The SMILES string of the molecule is O=C(O)c1nc(CNC(CO)(CO)CO)cs1. The van der Waals surface area contributed by atoms with Gasteiger partial charge in [-0.25, -0.2) is 9.78 Å². The molecule has 0 atom stereocenters. The summed E-state index contributed by atoms with van der Waals surface area (Å²) in [7, 11) is 0. The van der Waals surface area contributed by atoms with E-state index in [0.717, 1.165) is 11.3 Å². The molecule has 1 rings (SSSR count). The van der Waals surface area contributed by atoms with E-state index < -0.39 is 31.3 Å². The Balaban J connectivity index is 2.62. The Bertz CT molecular complexity index is 369. The van der Waals surface area contributed by atoms with Gasteiger partial charge in [0.2, 0.25) is 5.01 Å².